The zero-order valence-electron chi connectivity index (χ0n) is 16.0. The average molecular weight is 375 g/mol. The highest BCUT2D eigenvalue weighted by Crippen LogP contribution is 2.32. The van der Waals surface area contributed by atoms with E-state index in [9.17, 15) is 0 Å². The molecule has 4 heterocycles. The largest absolute Gasteiger partial charge is 0.381 e. The van der Waals surface area contributed by atoms with Crippen LogP contribution in [0.3, 0.4) is 0 Å². The van der Waals surface area contributed by atoms with Crippen molar-refractivity contribution in [3.8, 4) is 0 Å². The molecule has 0 spiro atoms. The molecular formula is C20H30N4OS. The molecule has 142 valence electrons. The molecule has 6 heteroatoms. The van der Waals surface area contributed by atoms with Gasteiger partial charge in [0.25, 0.3) is 0 Å². The Morgan fingerprint density at radius 3 is 2.85 bits per heavy atom. The number of piperidine rings is 1. The number of ether oxygens (including phenoxy) is 1. The first-order chi connectivity index (χ1) is 12.7. The van der Waals surface area contributed by atoms with E-state index >= 15 is 0 Å². The SMILES string of the molecule is CCCOC[C@H]1CCN(C2CCN(c3ncnc4sc(C)cc34)CC2)C1. The third-order valence-electron chi connectivity index (χ3n) is 5.73. The predicted molar refractivity (Wildman–Crippen MR) is 108 cm³/mol. The minimum absolute atomic E-state index is 0.726. The topological polar surface area (TPSA) is 41.5 Å². The summed E-state index contributed by atoms with van der Waals surface area (Å²) in [5, 5.41) is 1.22. The summed E-state index contributed by atoms with van der Waals surface area (Å²) in [5.74, 6) is 1.86. The van der Waals surface area contributed by atoms with Gasteiger partial charge in [0.1, 0.15) is 17.0 Å². The number of likely N-dealkylation sites (tertiary alicyclic amines) is 1. The van der Waals surface area contributed by atoms with Crippen LogP contribution in [0.4, 0.5) is 5.82 Å². The Labute approximate surface area is 160 Å². The highest BCUT2D eigenvalue weighted by atomic mass is 32.1. The lowest BCUT2D eigenvalue weighted by molar-refractivity contribution is 0.0974. The number of rotatable bonds is 6. The average Bonchev–Trinajstić information content (AvgIpc) is 3.27. The molecule has 0 aliphatic carbocycles. The van der Waals surface area contributed by atoms with Crippen LogP contribution >= 0.6 is 11.3 Å². The summed E-state index contributed by atoms with van der Waals surface area (Å²) in [6.45, 7) is 10.8. The molecule has 2 aliphatic heterocycles. The van der Waals surface area contributed by atoms with Crippen molar-refractivity contribution < 1.29 is 4.74 Å². The number of nitrogens with zero attached hydrogens (tertiary/aromatic N) is 4. The van der Waals surface area contributed by atoms with Gasteiger partial charge in [-0.05, 0) is 51.1 Å². The summed E-state index contributed by atoms with van der Waals surface area (Å²) >= 11 is 1.76. The van der Waals surface area contributed by atoms with Crippen LogP contribution in [-0.2, 0) is 4.74 Å². The number of anilines is 1. The third kappa shape index (κ3) is 3.87. The lowest BCUT2D eigenvalue weighted by Gasteiger charge is -2.37. The summed E-state index contributed by atoms with van der Waals surface area (Å²) in [4.78, 5) is 16.6. The van der Waals surface area contributed by atoms with E-state index in [1.54, 1.807) is 17.7 Å². The molecule has 0 unspecified atom stereocenters. The fourth-order valence-corrected chi connectivity index (χ4v) is 5.22. The van der Waals surface area contributed by atoms with E-state index in [1.807, 2.05) is 0 Å². The molecular weight excluding hydrogens is 344 g/mol. The highest BCUT2D eigenvalue weighted by molar-refractivity contribution is 7.18. The molecule has 4 rings (SSSR count). The zero-order chi connectivity index (χ0) is 17.9. The number of hydrogen-bond acceptors (Lipinski definition) is 6. The van der Waals surface area contributed by atoms with Crippen molar-refractivity contribution in [2.45, 2.75) is 45.6 Å². The second-order valence-electron chi connectivity index (χ2n) is 7.72. The number of fused-ring (bicyclic) bond motifs is 1. The molecule has 2 aromatic heterocycles. The molecule has 0 aromatic carbocycles. The van der Waals surface area contributed by atoms with Crippen LogP contribution < -0.4 is 4.90 Å². The van der Waals surface area contributed by atoms with Gasteiger partial charge in [-0.25, -0.2) is 9.97 Å². The van der Waals surface area contributed by atoms with E-state index in [0.29, 0.717) is 0 Å². The van der Waals surface area contributed by atoms with Crippen LogP contribution in [0.1, 0.15) is 37.5 Å². The molecule has 2 fully saturated rings. The number of aryl methyl sites for hydroxylation is 1. The van der Waals surface area contributed by atoms with Gasteiger partial charge in [-0.15, -0.1) is 11.3 Å². The van der Waals surface area contributed by atoms with Crippen molar-refractivity contribution in [2.75, 3.05) is 44.3 Å². The van der Waals surface area contributed by atoms with Crippen molar-refractivity contribution in [3.63, 3.8) is 0 Å². The summed E-state index contributed by atoms with van der Waals surface area (Å²) < 4.78 is 5.77. The lowest BCUT2D eigenvalue weighted by Crippen LogP contribution is -2.44. The van der Waals surface area contributed by atoms with E-state index in [2.05, 4.69) is 39.7 Å². The number of thiophene rings is 1. The van der Waals surface area contributed by atoms with Crippen molar-refractivity contribution in [1.82, 2.24) is 14.9 Å². The Morgan fingerprint density at radius 2 is 2.04 bits per heavy atom. The minimum Gasteiger partial charge on any atom is -0.381 e. The van der Waals surface area contributed by atoms with E-state index in [1.165, 1.54) is 42.6 Å². The molecule has 2 aromatic rings. The van der Waals surface area contributed by atoms with Crippen LogP contribution in [0.2, 0.25) is 0 Å². The summed E-state index contributed by atoms with van der Waals surface area (Å²) in [6, 6.07) is 2.96. The molecule has 1 atom stereocenters. The van der Waals surface area contributed by atoms with Crippen LogP contribution in [-0.4, -0.2) is 60.3 Å². The Bertz CT molecular complexity index is 726. The molecule has 0 amide bonds. The first-order valence-electron chi connectivity index (χ1n) is 10.0. The van der Waals surface area contributed by atoms with Gasteiger partial charge in [0.05, 0.1) is 12.0 Å². The maximum Gasteiger partial charge on any atom is 0.140 e. The third-order valence-corrected chi connectivity index (χ3v) is 6.69. The maximum atomic E-state index is 5.77. The van der Waals surface area contributed by atoms with E-state index in [4.69, 9.17) is 4.74 Å². The van der Waals surface area contributed by atoms with Gasteiger partial charge in [0.2, 0.25) is 0 Å². The highest BCUT2D eigenvalue weighted by Gasteiger charge is 2.31. The van der Waals surface area contributed by atoms with Crippen LogP contribution in [0, 0.1) is 12.8 Å². The standard InChI is InChI=1S/C20H30N4OS/c1-3-10-25-13-16-4-7-24(12-16)17-5-8-23(9-6-17)19-18-11-15(2)26-20(18)22-14-21-19/h11,14,16-17H,3-10,12-13H2,1-2H3/t16-/m0/s1. The van der Waals surface area contributed by atoms with Gasteiger partial charge in [0, 0.05) is 37.2 Å². The van der Waals surface area contributed by atoms with Gasteiger partial charge in [0.15, 0.2) is 0 Å². The van der Waals surface area contributed by atoms with Crippen LogP contribution in [0.5, 0.6) is 0 Å². The maximum absolute atomic E-state index is 5.77. The zero-order valence-corrected chi connectivity index (χ0v) is 16.8. The summed E-state index contributed by atoms with van der Waals surface area (Å²) in [6.07, 6.45) is 6.61. The fraction of sp³-hybridized carbons (Fsp3) is 0.700. The molecule has 0 N–H and O–H groups in total. The number of aromatic nitrogens is 2. The van der Waals surface area contributed by atoms with E-state index in [0.717, 1.165) is 55.3 Å². The van der Waals surface area contributed by atoms with Gasteiger partial charge in [-0.2, -0.15) is 0 Å². The van der Waals surface area contributed by atoms with Crippen molar-refractivity contribution in [2.24, 2.45) is 5.92 Å². The van der Waals surface area contributed by atoms with Gasteiger partial charge in [-0.1, -0.05) is 6.92 Å². The van der Waals surface area contributed by atoms with Crippen molar-refractivity contribution >= 4 is 27.4 Å². The first kappa shape index (κ1) is 18.1. The van der Waals surface area contributed by atoms with Crippen molar-refractivity contribution in [1.29, 1.82) is 0 Å². The molecule has 0 radical (unpaired) electrons. The Hall–Kier alpha value is -1.24. The minimum atomic E-state index is 0.726. The molecule has 0 saturated carbocycles. The second-order valence-corrected chi connectivity index (χ2v) is 8.95. The molecule has 2 saturated heterocycles. The molecule has 2 aliphatic rings. The fourth-order valence-electron chi connectivity index (χ4n) is 4.38. The quantitative estimate of drug-likeness (QED) is 0.721. The van der Waals surface area contributed by atoms with E-state index in [-0.39, 0.29) is 0 Å². The Morgan fingerprint density at radius 1 is 1.19 bits per heavy atom. The Balaban J connectivity index is 1.33. The monoisotopic (exact) mass is 374 g/mol. The van der Waals surface area contributed by atoms with Crippen LogP contribution in [0.25, 0.3) is 10.2 Å². The second kappa shape index (κ2) is 8.19. The lowest BCUT2D eigenvalue weighted by atomic mass is 10.0. The van der Waals surface area contributed by atoms with Gasteiger partial charge >= 0.3 is 0 Å². The normalized spacial score (nSPS) is 22.5. The molecule has 26 heavy (non-hydrogen) atoms. The first-order valence-corrected chi connectivity index (χ1v) is 10.8. The Kier molecular flexibility index (Phi) is 5.72. The van der Waals surface area contributed by atoms with Gasteiger partial charge in [-0.3, -0.25) is 4.90 Å². The molecule has 5 nitrogen and oxygen atoms in total. The molecule has 0 bridgehead atoms. The summed E-state index contributed by atoms with van der Waals surface area (Å²) in [7, 11) is 0. The van der Waals surface area contributed by atoms with Crippen molar-refractivity contribution in [3.05, 3.63) is 17.3 Å². The predicted octanol–water partition coefficient (Wildman–Crippen LogP) is 3.72. The van der Waals surface area contributed by atoms with E-state index < -0.39 is 0 Å². The summed E-state index contributed by atoms with van der Waals surface area (Å²) in [5.41, 5.74) is 0. The van der Waals surface area contributed by atoms with Crippen LogP contribution in [0.15, 0.2) is 12.4 Å². The smallest absolute Gasteiger partial charge is 0.140 e. The number of hydrogen-bond donors (Lipinski definition) is 0. The van der Waals surface area contributed by atoms with Gasteiger partial charge < -0.3 is 9.64 Å².